The van der Waals surface area contributed by atoms with Gasteiger partial charge in [-0.15, -0.1) is 0 Å². The van der Waals surface area contributed by atoms with E-state index in [1.54, 1.807) is 0 Å². The molecule has 0 amide bonds. The van der Waals surface area contributed by atoms with Crippen LogP contribution < -0.4 is 10.2 Å². The van der Waals surface area contributed by atoms with Crippen LogP contribution in [0, 0.1) is 12.3 Å². The van der Waals surface area contributed by atoms with Gasteiger partial charge in [0.25, 0.3) is 0 Å². The van der Waals surface area contributed by atoms with Gasteiger partial charge in [0.2, 0.25) is 0 Å². The Kier molecular flexibility index (Phi) is 4.07. The number of anilines is 2. The van der Waals surface area contributed by atoms with Crippen LogP contribution in [-0.4, -0.2) is 20.1 Å². The molecular formula is C17H28N2. The molecule has 0 saturated heterocycles. The van der Waals surface area contributed by atoms with Crippen molar-refractivity contribution < 1.29 is 0 Å². The minimum Gasteiger partial charge on any atom is -0.382 e. The first kappa shape index (κ1) is 14.2. The van der Waals surface area contributed by atoms with E-state index in [0.29, 0.717) is 11.5 Å². The van der Waals surface area contributed by atoms with Crippen molar-refractivity contribution >= 4 is 11.4 Å². The zero-order chi connectivity index (χ0) is 14.0. The van der Waals surface area contributed by atoms with Gasteiger partial charge in [0.15, 0.2) is 0 Å². The maximum Gasteiger partial charge on any atom is 0.0373 e. The number of nitrogens with zero attached hydrogens (tertiary/aromatic N) is 1. The van der Waals surface area contributed by atoms with Gasteiger partial charge in [0.1, 0.15) is 0 Å². The molecule has 1 aromatic rings. The van der Waals surface area contributed by atoms with E-state index in [-0.39, 0.29) is 0 Å². The summed E-state index contributed by atoms with van der Waals surface area (Å²) in [6, 6.07) is 7.32. The fraction of sp³-hybridized carbons (Fsp3) is 0.647. The van der Waals surface area contributed by atoms with Crippen LogP contribution in [0.4, 0.5) is 11.4 Å². The zero-order valence-corrected chi connectivity index (χ0v) is 13.1. The molecule has 0 aliphatic heterocycles. The molecule has 1 aliphatic carbocycles. The fourth-order valence-electron chi connectivity index (χ4n) is 3.13. The van der Waals surface area contributed by atoms with E-state index in [9.17, 15) is 0 Å². The second-order valence-corrected chi connectivity index (χ2v) is 7.00. The molecule has 2 rings (SSSR count). The van der Waals surface area contributed by atoms with E-state index in [1.807, 2.05) is 0 Å². The van der Waals surface area contributed by atoms with E-state index in [0.717, 1.165) is 0 Å². The summed E-state index contributed by atoms with van der Waals surface area (Å²) in [5, 5.41) is 3.75. The van der Waals surface area contributed by atoms with Gasteiger partial charge in [-0.1, -0.05) is 20.3 Å². The number of nitrogens with one attached hydrogen (secondary N) is 1. The van der Waals surface area contributed by atoms with Crippen molar-refractivity contribution in [3.63, 3.8) is 0 Å². The van der Waals surface area contributed by atoms with E-state index in [1.165, 1.54) is 42.6 Å². The maximum atomic E-state index is 3.75. The average Bonchev–Trinajstić information content (AvgIpc) is 2.30. The fourth-order valence-corrected chi connectivity index (χ4v) is 3.13. The summed E-state index contributed by atoms with van der Waals surface area (Å²) in [7, 11) is 4.18. The number of hydrogen-bond donors (Lipinski definition) is 1. The summed E-state index contributed by atoms with van der Waals surface area (Å²) >= 11 is 0. The van der Waals surface area contributed by atoms with Crippen LogP contribution in [0.15, 0.2) is 18.2 Å². The standard InChI is InChI=1S/C17H28N2/c1-13-11-15(19(4)5)8-9-16(13)18-14-7-6-10-17(2,3)12-14/h8-9,11,14,18H,6-7,10,12H2,1-5H3. The lowest BCUT2D eigenvalue weighted by molar-refractivity contribution is 0.229. The zero-order valence-electron chi connectivity index (χ0n) is 13.1. The summed E-state index contributed by atoms with van der Waals surface area (Å²) in [6.07, 6.45) is 5.30. The SMILES string of the molecule is Cc1cc(N(C)C)ccc1NC1CCCC(C)(C)C1. The van der Waals surface area contributed by atoms with Gasteiger partial charge in [0, 0.05) is 31.5 Å². The largest absolute Gasteiger partial charge is 0.382 e. The number of aryl methyl sites for hydroxylation is 1. The monoisotopic (exact) mass is 260 g/mol. The van der Waals surface area contributed by atoms with Crippen LogP contribution in [-0.2, 0) is 0 Å². The van der Waals surface area contributed by atoms with Gasteiger partial charge in [-0.05, 0) is 55.4 Å². The lowest BCUT2D eigenvalue weighted by Crippen LogP contribution is -2.31. The summed E-state index contributed by atoms with van der Waals surface area (Å²) in [4.78, 5) is 2.15. The molecule has 1 aromatic carbocycles. The molecule has 0 bridgehead atoms. The van der Waals surface area contributed by atoms with Crippen molar-refractivity contribution in [3.05, 3.63) is 23.8 Å². The third-order valence-corrected chi connectivity index (χ3v) is 4.29. The molecule has 106 valence electrons. The van der Waals surface area contributed by atoms with Gasteiger partial charge >= 0.3 is 0 Å². The normalized spacial score (nSPS) is 22.1. The predicted octanol–water partition coefficient (Wildman–Crippen LogP) is 4.44. The molecule has 19 heavy (non-hydrogen) atoms. The number of benzene rings is 1. The Balaban J connectivity index is 2.07. The lowest BCUT2D eigenvalue weighted by Gasteiger charge is -2.36. The minimum absolute atomic E-state index is 0.493. The maximum absolute atomic E-state index is 3.75. The lowest BCUT2D eigenvalue weighted by atomic mass is 9.75. The van der Waals surface area contributed by atoms with Crippen molar-refractivity contribution in [2.75, 3.05) is 24.3 Å². The van der Waals surface area contributed by atoms with Crippen LogP contribution in [0.25, 0.3) is 0 Å². The molecule has 1 aliphatic rings. The smallest absolute Gasteiger partial charge is 0.0373 e. The molecule has 0 heterocycles. The Labute approximate surface area is 118 Å². The molecular weight excluding hydrogens is 232 g/mol. The Hall–Kier alpha value is -1.18. The Morgan fingerprint density at radius 2 is 2.00 bits per heavy atom. The van der Waals surface area contributed by atoms with Gasteiger partial charge < -0.3 is 10.2 Å². The van der Waals surface area contributed by atoms with Crippen molar-refractivity contribution in [1.82, 2.24) is 0 Å². The molecule has 1 N–H and O–H groups in total. The minimum atomic E-state index is 0.493. The highest BCUT2D eigenvalue weighted by Gasteiger charge is 2.27. The quantitative estimate of drug-likeness (QED) is 0.864. The summed E-state index contributed by atoms with van der Waals surface area (Å²) < 4.78 is 0. The van der Waals surface area contributed by atoms with E-state index in [2.05, 4.69) is 63.3 Å². The molecule has 0 radical (unpaired) electrons. The molecule has 1 fully saturated rings. The van der Waals surface area contributed by atoms with Crippen LogP contribution in [0.3, 0.4) is 0 Å². The predicted molar refractivity (Wildman–Crippen MR) is 85.2 cm³/mol. The summed E-state index contributed by atoms with van der Waals surface area (Å²) in [5.41, 5.74) is 4.41. The molecule has 2 heteroatoms. The molecule has 1 saturated carbocycles. The van der Waals surface area contributed by atoms with Crippen LogP contribution in [0.2, 0.25) is 0 Å². The van der Waals surface area contributed by atoms with E-state index >= 15 is 0 Å². The highest BCUT2D eigenvalue weighted by molar-refractivity contribution is 5.60. The Morgan fingerprint density at radius 1 is 1.26 bits per heavy atom. The van der Waals surface area contributed by atoms with Crippen molar-refractivity contribution in [2.45, 2.75) is 52.5 Å². The number of rotatable bonds is 3. The van der Waals surface area contributed by atoms with E-state index < -0.39 is 0 Å². The Bertz CT molecular complexity index is 435. The second-order valence-electron chi connectivity index (χ2n) is 7.00. The first-order valence-corrected chi connectivity index (χ1v) is 7.42. The van der Waals surface area contributed by atoms with Gasteiger partial charge in [-0.25, -0.2) is 0 Å². The first-order chi connectivity index (χ1) is 8.87. The van der Waals surface area contributed by atoms with Gasteiger partial charge in [0.05, 0.1) is 0 Å². The Morgan fingerprint density at radius 3 is 2.58 bits per heavy atom. The van der Waals surface area contributed by atoms with Gasteiger partial charge in [-0.3, -0.25) is 0 Å². The summed E-state index contributed by atoms with van der Waals surface area (Å²) in [6.45, 7) is 6.98. The highest BCUT2D eigenvalue weighted by atomic mass is 15.1. The highest BCUT2D eigenvalue weighted by Crippen LogP contribution is 2.36. The number of hydrogen-bond acceptors (Lipinski definition) is 2. The van der Waals surface area contributed by atoms with Crippen molar-refractivity contribution in [2.24, 2.45) is 5.41 Å². The molecule has 2 nitrogen and oxygen atoms in total. The summed E-state index contributed by atoms with van der Waals surface area (Å²) in [5.74, 6) is 0. The van der Waals surface area contributed by atoms with Gasteiger partial charge in [-0.2, -0.15) is 0 Å². The molecule has 0 spiro atoms. The third kappa shape index (κ3) is 3.65. The molecule has 1 unspecified atom stereocenters. The second kappa shape index (κ2) is 5.44. The van der Waals surface area contributed by atoms with Crippen LogP contribution in [0.5, 0.6) is 0 Å². The van der Waals surface area contributed by atoms with Crippen LogP contribution in [0.1, 0.15) is 45.1 Å². The average molecular weight is 260 g/mol. The van der Waals surface area contributed by atoms with E-state index in [4.69, 9.17) is 0 Å². The van der Waals surface area contributed by atoms with Crippen molar-refractivity contribution in [3.8, 4) is 0 Å². The molecule has 0 aromatic heterocycles. The molecule has 1 atom stereocenters. The van der Waals surface area contributed by atoms with Crippen LogP contribution >= 0.6 is 0 Å². The third-order valence-electron chi connectivity index (χ3n) is 4.29. The topological polar surface area (TPSA) is 15.3 Å². The first-order valence-electron chi connectivity index (χ1n) is 7.42. The van der Waals surface area contributed by atoms with Crippen molar-refractivity contribution in [1.29, 1.82) is 0 Å².